The fourth-order valence-corrected chi connectivity index (χ4v) is 2.50. The molecule has 0 spiro atoms. The van der Waals surface area contributed by atoms with Crippen molar-refractivity contribution >= 4 is 5.69 Å². The number of unbranched alkanes of at least 4 members (excludes halogenated alkanes) is 3. The molecular weight excluding hydrogens is 244 g/mol. The van der Waals surface area contributed by atoms with Crippen molar-refractivity contribution in [1.29, 1.82) is 0 Å². The van der Waals surface area contributed by atoms with E-state index in [0.29, 0.717) is 6.04 Å². The molecule has 0 amide bonds. The number of nitrogens with zero attached hydrogens (tertiary/aromatic N) is 1. The highest BCUT2D eigenvalue weighted by atomic mass is 15.0. The van der Waals surface area contributed by atoms with Crippen LogP contribution in [0.5, 0.6) is 0 Å². The lowest BCUT2D eigenvalue weighted by Gasteiger charge is -2.16. The number of nitrogens with one attached hydrogen (secondary N) is 1. The minimum absolute atomic E-state index is 0.534. The molecule has 0 fully saturated rings. The molecule has 0 bridgehead atoms. The van der Waals surface area contributed by atoms with Crippen LogP contribution >= 0.6 is 0 Å². The van der Waals surface area contributed by atoms with Crippen LogP contribution in [0.3, 0.4) is 0 Å². The summed E-state index contributed by atoms with van der Waals surface area (Å²) >= 11 is 0. The van der Waals surface area contributed by atoms with Crippen molar-refractivity contribution in [3.8, 4) is 5.69 Å². The normalized spacial score (nSPS) is 12.3. The number of anilines is 1. The molecule has 108 valence electrons. The average molecular weight is 270 g/mol. The summed E-state index contributed by atoms with van der Waals surface area (Å²) in [5.74, 6) is 0. The Morgan fingerprint density at radius 2 is 1.85 bits per heavy atom. The summed E-state index contributed by atoms with van der Waals surface area (Å²) < 4.78 is 2.14. The van der Waals surface area contributed by atoms with E-state index in [9.17, 15) is 0 Å². The Hall–Kier alpha value is -1.70. The van der Waals surface area contributed by atoms with Gasteiger partial charge >= 0.3 is 0 Å². The van der Waals surface area contributed by atoms with Gasteiger partial charge in [0, 0.05) is 29.8 Å². The molecule has 1 atom stereocenters. The Balaban J connectivity index is 1.88. The van der Waals surface area contributed by atoms with Crippen molar-refractivity contribution < 1.29 is 0 Å². The van der Waals surface area contributed by atoms with E-state index in [1.165, 1.54) is 43.5 Å². The van der Waals surface area contributed by atoms with Crippen LogP contribution in [0.1, 0.15) is 46.0 Å². The smallest absolute Gasteiger partial charge is 0.0469 e. The second kappa shape index (κ2) is 7.78. The highest BCUT2D eigenvalue weighted by Gasteiger charge is 2.03. The van der Waals surface area contributed by atoms with Crippen molar-refractivity contribution in [3.63, 3.8) is 0 Å². The number of hydrogen-bond acceptors (Lipinski definition) is 1. The van der Waals surface area contributed by atoms with Crippen molar-refractivity contribution in [2.45, 2.75) is 52.0 Å². The van der Waals surface area contributed by atoms with Crippen molar-refractivity contribution in [2.24, 2.45) is 0 Å². The van der Waals surface area contributed by atoms with E-state index in [-0.39, 0.29) is 0 Å². The second-order valence-electron chi connectivity index (χ2n) is 5.54. The molecule has 0 saturated carbocycles. The Morgan fingerprint density at radius 1 is 1.05 bits per heavy atom. The fourth-order valence-electron chi connectivity index (χ4n) is 2.50. The number of rotatable bonds is 8. The molecule has 2 heteroatoms. The van der Waals surface area contributed by atoms with Crippen molar-refractivity contribution in [3.05, 3.63) is 48.8 Å². The topological polar surface area (TPSA) is 17.0 Å². The van der Waals surface area contributed by atoms with E-state index in [1.54, 1.807) is 0 Å². The fraction of sp³-hybridized carbons (Fsp3) is 0.444. The molecule has 0 aliphatic heterocycles. The lowest BCUT2D eigenvalue weighted by molar-refractivity contribution is 0.594. The highest BCUT2D eigenvalue weighted by Crippen LogP contribution is 2.17. The van der Waals surface area contributed by atoms with Crippen LogP contribution in [0.2, 0.25) is 0 Å². The maximum absolute atomic E-state index is 3.61. The molecule has 2 nitrogen and oxygen atoms in total. The molecule has 2 rings (SSSR count). The Morgan fingerprint density at radius 3 is 2.60 bits per heavy atom. The van der Waals surface area contributed by atoms with Gasteiger partial charge in [0.1, 0.15) is 0 Å². The summed E-state index contributed by atoms with van der Waals surface area (Å²) in [5, 5.41) is 3.61. The van der Waals surface area contributed by atoms with E-state index in [0.717, 1.165) is 0 Å². The third-order valence-electron chi connectivity index (χ3n) is 3.65. The summed E-state index contributed by atoms with van der Waals surface area (Å²) in [7, 11) is 0. The van der Waals surface area contributed by atoms with E-state index in [1.807, 2.05) is 0 Å². The van der Waals surface area contributed by atoms with Crippen LogP contribution in [0.25, 0.3) is 5.69 Å². The Kier molecular flexibility index (Phi) is 5.72. The van der Waals surface area contributed by atoms with Crippen molar-refractivity contribution in [1.82, 2.24) is 4.57 Å². The van der Waals surface area contributed by atoms with E-state index >= 15 is 0 Å². The summed E-state index contributed by atoms with van der Waals surface area (Å²) in [6, 6.07) is 13.2. The zero-order valence-corrected chi connectivity index (χ0v) is 12.7. The molecule has 2 aromatic rings. The highest BCUT2D eigenvalue weighted by molar-refractivity contribution is 5.51. The van der Waals surface area contributed by atoms with E-state index in [2.05, 4.69) is 72.5 Å². The third kappa shape index (κ3) is 4.44. The van der Waals surface area contributed by atoms with Gasteiger partial charge in [-0.05, 0) is 43.7 Å². The minimum atomic E-state index is 0.534. The molecule has 0 radical (unpaired) electrons. The van der Waals surface area contributed by atoms with Gasteiger partial charge in [0.2, 0.25) is 0 Å². The molecular formula is C18H26N2. The van der Waals surface area contributed by atoms with Crippen LogP contribution < -0.4 is 5.32 Å². The first-order chi connectivity index (χ1) is 9.79. The molecule has 1 aromatic heterocycles. The van der Waals surface area contributed by atoms with Crippen LogP contribution in [-0.2, 0) is 0 Å². The molecule has 0 aliphatic rings. The SMILES string of the molecule is CCCCCCC(C)Nc1cccc(-n2cccc2)c1. The van der Waals surface area contributed by atoms with Crippen LogP contribution in [0, 0.1) is 0 Å². The van der Waals surface area contributed by atoms with Gasteiger partial charge < -0.3 is 9.88 Å². The van der Waals surface area contributed by atoms with Crippen LogP contribution in [-0.4, -0.2) is 10.6 Å². The summed E-state index contributed by atoms with van der Waals surface area (Å²) in [4.78, 5) is 0. The van der Waals surface area contributed by atoms with Crippen LogP contribution in [0.4, 0.5) is 5.69 Å². The maximum atomic E-state index is 3.61. The van der Waals surface area contributed by atoms with Gasteiger partial charge in [0.25, 0.3) is 0 Å². The molecule has 1 heterocycles. The zero-order valence-electron chi connectivity index (χ0n) is 12.7. The molecule has 1 aromatic carbocycles. The molecule has 0 saturated heterocycles. The first-order valence-electron chi connectivity index (χ1n) is 7.79. The Bertz CT molecular complexity index is 488. The predicted molar refractivity (Wildman–Crippen MR) is 87.6 cm³/mol. The standard InChI is InChI=1S/C18H26N2/c1-3-4-5-6-10-16(2)19-17-11-9-12-18(15-17)20-13-7-8-14-20/h7-9,11-16,19H,3-6,10H2,1-2H3. The summed E-state index contributed by atoms with van der Waals surface area (Å²) in [5.41, 5.74) is 2.41. The van der Waals surface area contributed by atoms with Gasteiger partial charge in [-0.15, -0.1) is 0 Å². The van der Waals surface area contributed by atoms with E-state index in [4.69, 9.17) is 0 Å². The average Bonchev–Trinajstić information content (AvgIpc) is 2.98. The van der Waals surface area contributed by atoms with Gasteiger partial charge in [0.15, 0.2) is 0 Å². The first-order valence-corrected chi connectivity index (χ1v) is 7.79. The molecule has 1 unspecified atom stereocenters. The zero-order chi connectivity index (χ0) is 14.2. The quantitative estimate of drug-likeness (QED) is 0.648. The van der Waals surface area contributed by atoms with Gasteiger partial charge in [-0.25, -0.2) is 0 Å². The molecule has 1 N–H and O–H groups in total. The Labute approximate surface area is 122 Å². The number of benzene rings is 1. The van der Waals surface area contributed by atoms with Gasteiger partial charge in [-0.3, -0.25) is 0 Å². The van der Waals surface area contributed by atoms with Gasteiger partial charge in [0.05, 0.1) is 0 Å². The number of aromatic nitrogens is 1. The molecule has 0 aliphatic carbocycles. The minimum Gasteiger partial charge on any atom is -0.383 e. The van der Waals surface area contributed by atoms with E-state index < -0.39 is 0 Å². The summed E-state index contributed by atoms with van der Waals surface area (Å²) in [6.07, 6.45) is 10.7. The largest absolute Gasteiger partial charge is 0.383 e. The van der Waals surface area contributed by atoms with Crippen LogP contribution in [0.15, 0.2) is 48.8 Å². The molecule has 20 heavy (non-hydrogen) atoms. The monoisotopic (exact) mass is 270 g/mol. The van der Waals surface area contributed by atoms with Gasteiger partial charge in [-0.2, -0.15) is 0 Å². The number of hydrogen-bond donors (Lipinski definition) is 1. The maximum Gasteiger partial charge on any atom is 0.0469 e. The lowest BCUT2D eigenvalue weighted by atomic mass is 10.1. The second-order valence-corrected chi connectivity index (χ2v) is 5.54. The summed E-state index contributed by atoms with van der Waals surface area (Å²) in [6.45, 7) is 4.53. The lowest BCUT2D eigenvalue weighted by Crippen LogP contribution is -2.14. The van der Waals surface area contributed by atoms with Gasteiger partial charge in [-0.1, -0.05) is 38.7 Å². The predicted octanol–water partition coefficient (Wildman–Crippen LogP) is 5.25. The first kappa shape index (κ1) is 14.7. The third-order valence-corrected chi connectivity index (χ3v) is 3.65. The van der Waals surface area contributed by atoms with Crippen molar-refractivity contribution in [2.75, 3.05) is 5.32 Å².